The molecule has 2 aromatic carbocycles. The van der Waals surface area contributed by atoms with E-state index in [9.17, 15) is 9.18 Å². The molecule has 4 rings (SSSR count). The van der Waals surface area contributed by atoms with Gasteiger partial charge in [0.2, 0.25) is 0 Å². The highest BCUT2D eigenvalue weighted by molar-refractivity contribution is 7.98. The Bertz CT molecular complexity index is 1230. The van der Waals surface area contributed by atoms with Crippen LogP contribution in [-0.4, -0.2) is 21.2 Å². The van der Waals surface area contributed by atoms with Gasteiger partial charge in [0.25, 0.3) is 5.56 Å². The van der Waals surface area contributed by atoms with Crippen molar-refractivity contribution in [2.24, 2.45) is 14.1 Å². The number of ether oxygens (including phenoxy) is 1. The summed E-state index contributed by atoms with van der Waals surface area (Å²) in [5.74, 6) is 0.844. The summed E-state index contributed by atoms with van der Waals surface area (Å²) in [5, 5.41) is 1.41. The van der Waals surface area contributed by atoms with Crippen molar-refractivity contribution < 1.29 is 9.13 Å². The molecule has 0 aliphatic heterocycles. The van der Waals surface area contributed by atoms with Gasteiger partial charge in [-0.3, -0.25) is 9.36 Å². The first-order chi connectivity index (χ1) is 13.0. The molecule has 4 aromatic rings. The van der Waals surface area contributed by atoms with Crippen molar-refractivity contribution >= 4 is 33.7 Å². The molecule has 5 nitrogen and oxygen atoms in total. The quantitative estimate of drug-likeness (QED) is 0.397. The Morgan fingerprint density at radius 2 is 1.93 bits per heavy atom. The molecule has 2 aromatic heterocycles. The Kier molecular flexibility index (Phi) is 4.39. The van der Waals surface area contributed by atoms with Gasteiger partial charge in [-0.2, -0.15) is 0 Å². The van der Waals surface area contributed by atoms with Gasteiger partial charge >= 0.3 is 0 Å². The molecule has 0 radical (unpaired) electrons. The van der Waals surface area contributed by atoms with Crippen LogP contribution in [0.1, 0.15) is 5.56 Å². The molecule has 0 amide bonds. The minimum Gasteiger partial charge on any atom is -0.497 e. The normalized spacial score (nSPS) is 11.4. The lowest BCUT2D eigenvalue weighted by Crippen LogP contribution is -2.21. The van der Waals surface area contributed by atoms with Crippen LogP contribution in [0.4, 0.5) is 4.39 Å². The van der Waals surface area contributed by atoms with E-state index in [1.54, 1.807) is 32.4 Å². The number of methoxy groups -OCH3 is 1. The van der Waals surface area contributed by atoms with E-state index >= 15 is 0 Å². The second kappa shape index (κ2) is 6.74. The number of rotatable bonds is 4. The number of thioether (sulfide) groups is 1. The summed E-state index contributed by atoms with van der Waals surface area (Å²) in [6.45, 7) is 0. The number of hydrogen-bond donors (Lipinski definition) is 0. The minimum absolute atomic E-state index is 0.131. The Hall–Kier alpha value is -2.80. The third-order valence-electron chi connectivity index (χ3n) is 4.70. The molecule has 7 heteroatoms. The van der Waals surface area contributed by atoms with Gasteiger partial charge in [-0.05, 0) is 29.8 Å². The molecule has 0 aliphatic rings. The van der Waals surface area contributed by atoms with E-state index in [2.05, 4.69) is 0 Å². The number of aryl methyl sites for hydroxylation is 1. The average molecular weight is 383 g/mol. The average Bonchev–Trinajstić information content (AvgIpc) is 2.96. The number of halogens is 1. The van der Waals surface area contributed by atoms with E-state index in [1.165, 1.54) is 22.4 Å². The smallest absolute Gasteiger partial charge is 0.278 e. The molecule has 0 spiro atoms. The third-order valence-corrected chi connectivity index (χ3v) is 5.77. The zero-order valence-corrected chi connectivity index (χ0v) is 16.0. The predicted octanol–water partition coefficient (Wildman–Crippen LogP) is 3.87. The van der Waals surface area contributed by atoms with Crippen molar-refractivity contribution in [1.82, 2.24) is 14.1 Å². The molecule has 0 saturated heterocycles. The lowest BCUT2D eigenvalue weighted by atomic mass is 10.2. The second-order valence-corrected chi connectivity index (χ2v) is 7.22. The fraction of sp³-hybridized carbons (Fsp3) is 0.200. The van der Waals surface area contributed by atoms with Crippen LogP contribution >= 0.6 is 11.8 Å². The largest absolute Gasteiger partial charge is 0.497 e. The maximum atomic E-state index is 13.9. The van der Waals surface area contributed by atoms with E-state index in [4.69, 9.17) is 9.72 Å². The fourth-order valence-corrected chi connectivity index (χ4v) is 4.14. The van der Waals surface area contributed by atoms with Gasteiger partial charge < -0.3 is 9.30 Å². The Labute approximate surface area is 159 Å². The standard InChI is InChI=1S/C20H18FN3O2S/c1-23-16-9-8-13(26-3)10-14(16)17-18(23)19(25)24(2)20(22-17)27-11-12-6-4-5-7-15(12)21/h4-10H,11H2,1-3H3. The lowest BCUT2D eigenvalue weighted by molar-refractivity contribution is 0.415. The Balaban J connectivity index is 1.87. The van der Waals surface area contributed by atoms with E-state index < -0.39 is 0 Å². The summed E-state index contributed by atoms with van der Waals surface area (Å²) in [4.78, 5) is 17.7. The maximum Gasteiger partial charge on any atom is 0.278 e. The minimum atomic E-state index is -0.258. The highest BCUT2D eigenvalue weighted by atomic mass is 32.2. The third kappa shape index (κ3) is 2.88. The molecule has 0 fully saturated rings. The van der Waals surface area contributed by atoms with Crippen LogP contribution < -0.4 is 10.3 Å². The van der Waals surface area contributed by atoms with Crippen molar-refractivity contribution in [2.45, 2.75) is 10.9 Å². The number of aromatic nitrogens is 3. The van der Waals surface area contributed by atoms with Crippen LogP contribution in [0, 0.1) is 5.82 Å². The molecular formula is C20H18FN3O2S. The van der Waals surface area contributed by atoms with Gasteiger partial charge in [0.15, 0.2) is 5.16 Å². The molecular weight excluding hydrogens is 365 g/mol. The zero-order valence-electron chi connectivity index (χ0n) is 15.2. The van der Waals surface area contributed by atoms with E-state index in [0.717, 1.165) is 10.9 Å². The molecule has 0 bridgehead atoms. The van der Waals surface area contributed by atoms with Crippen molar-refractivity contribution in [1.29, 1.82) is 0 Å². The van der Waals surface area contributed by atoms with Crippen LogP contribution in [0.15, 0.2) is 52.4 Å². The molecule has 0 atom stereocenters. The van der Waals surface area contributed by atoms with Gasteiger partial charge in [0, 0.05) is 25.2 Å². The topological polar surface area (TPSA) is 49.1 Å². The zero-order chi connectivity index (χ0) is 19.1. The number of nitrogens with zero attached hydrogens (tertiary/aromatic N) is 3. The molecule has 0 aliphatic carbocycles. The first-order valence-corrected chi connectivity index (χ1v) is 9.39. The van der Waals surface area contributed by atoms with Gasteiger partial charge in [0.1, 0.15) is 22.6 Å². The lowest BCUT2D eigenvalue weighted by Gasteiger charge is -2.08. The van der Waals surface area contributed by atoms with Crippen molar-refractivity contribution in [3.05, 3.63) is 64.2 Å². The number of hydrogen-bond acceptors (Lipinski definition) is 4. The first kappa shape index (κ1) is 17.6. The molecule has 0 unspecified atom stereocenters. The molecule has 2 heterocycles. The van der Waals surface area contributed by atoms with Crippen molar-refractivity contribution in [3.8, 4) is 5.75 Å². The van der Waals surface area contributed by atoms with E-state index in [1.807, 2.05) is 29.8 Å². The van der Waals surface area contributed by atoms with Crippen LogP contribution in [0.5, 0.6) is 5.75 Å². The van der Waals surface area contributed by atoms with Gasteiger partial charge in [-0.25, -0.2) is 9.37 Å². The van der Waals surface area contributed by atoms with E-state index in [0.29, 0.717) is 33.3 Å². The fourth-order valence-electron chi connectivity index (χ4n) is 3.19. The monoisotopic (exact) mass is 383 g/mol. The van der Waals surface area contributed by atoms with Crippen molar-refractivity contribution in [2.75, 3.05) is 7.11 Å². The summed E-state index contributed by atoms with van der Waals surface area (Å²) in [6.07, 6.45) is 0. The SMILES string of the molecule is COc1ccc2c(c1)c1nc(SCc3ccccc3F)n(C)c(=O)c1n2C. The van der Waals surface area contributed by atoms with Crippen LogP contribution in [0.25, 0.3) is 21.9 Å². The summed E-state index contributed by atoms with van der Waals surface area (Å²) in [6, 6.07) is 12.3. The van der Waals surface area contributed by atoms with Crippen molar-refractivity contribution in [3.63, 3.8) is 0 Å². The van der Waals surface area contributed by atoms with Gasteiger partial charge in [0.05, 0.1) is 12.6 Å². The summed E-state index contributed by atoms with van der Waals surface area (Å²) in [7, 11) is 5.15. The summed E-state index contributed by atoms with van der Waals surface area (Å²) >= 11 is 1.34. The molecule has 0 N–H and O–H groups in total. The summed E-state index contributed by atoms with van der Waals surface area (Å²) in [5.41, 5.74) is 2.53. The predicted molar refractivity (Wildman–Crippen MR) is 106 cm³/mol. The highest BCUT2D eigenvalue weighted by Crippen LogP contribution is 2.30. The van der Waals surface area contributed by atoms with Crippen LogP contribution in [0.2, 0.25) is 0 Å². The highest BCUT2D eigenvalue weighted by Gasteiger charge is 2.17. The molecule has 27 heavy (non-hydrogen) atoms. The van der Waals surface area contributed by atoms with Crippen LogP contribution in [-0.2, 0) is 19.8 Å². The Morgan fingerprint density at radius 3 is 2.67 bits per heavy atom. The summed E-state index contributed by atoms with van der Waals surface area (Å²) < 4.78 is 22.6. The molecule has 138 valence electrons. The Morgan fingerprint density at radius 1 is 1.15 bits per heavy atom. The second-order valence-electron chi connectivity index (χ2n) is 6.28. The molecule has 0 saturated carbocycles. The van der Waals surface area contributed by atoms with Gasteiger partial charge in [-0.15, -0.1) is 0 Å². The van der Waals surface area contributed by atoms with Gasteiger partial charge in [-0.1, -0.05) is 30.0 Å². The van der Waals surface area contributed by atoms with E-state index in [-0.39, 0.29) is 11.4 Å². The van der Waals surface area contributed by atoms with Crippen LogP contribution in [0.3, 0.4) is 0 Å². The maximum absolute atomic E-state index is 13.9. The number of benzene rings is 2. The number of fused-ring (bicyclic) bond motifs is 3. The first-order valence-electron chi connectivity index (χ1n) is 8.40.